The van der Waals surface area contributed by atoms with E-state index in [1.54, 1.807) is 0 Å². The van der Waals surface area contributed by atoms with E-state index in [-0.39, 0.29) is 12.1 Å². The fourth-order valence-corrected chi connectivity index (χ4v) is 2.61. The lowest BCUT2D eigenvalue weighted by molar-refractivity contribution is 0.0474. The summed E-state index contributed by atoms with van der Waals surface area (Å²) >= 11 is 0. The van der Waals surface area contributed by atoms with E-state index in [0.717, 1.165) is 50.8 Å². The number of hydrogen-bond acceptors (Lipinski definition) is 3. The summed E-state index contributed by atoms with van der Waals surface area (Å²) in [6.45, 7) is 2.67. The molecular formula is C15H21F2NO2. The van der Waals surface area contributed by atoms with Crippen molar-refractivity contribution in [2.45, 2.75) is 18.9 Å². The summed E-state index contributed by atoms with van der Waals surface area (Å²) in [6, 6.07) is 3.16. The van der Waals surface area contributed by atoms with Gasteiger partial charge in [0.25, 0.3) is 0 Å². The van der Waals surface area contributed by atoms with Gasteiger partial charge in [0.15, 0.2) is 0 Å². The SMILES string of the molecule is CN(CC1CCOCC1)CC(O)c1cc(F)ccc1F. The quantitative estimate of drug-likeness (QED) is 0.901. The Balaban J connectivity index is 1.89. The molecule has 2 rings (SSSR count). The minimum Gasteiger partial charge on any atom is -0.387 e. The number of rotatable bonds is 5. The average Bonchev–Trinajstić information content (AvgIpc) is 2.42. The fraction of sp³-hybridized carbons (Fsp3) is 0.600. The van der Waals surface area contributed by atoms with Gasteiger partial charge in [-0.2, -0.15) is 0 Å². The Morgan fingerprint density at radius 1 is 1.35 bits per heavy atom. The Morgan fingerprint density at radius 2 is 2.05 bits per heavy atom. The van der Waals surface area contributed by atoms with E-state index in [1.165, 1.54) is 0 Å². The number of aliphatic hydroxyl groups excluding tert-OH is 1. The molecule has 1 atom stereocenters. The van der Waals surface area contributed by atoms with Crippen LogP contribution in [0.5, 0.6) is 0 Å². The number of nitrogens with zero attached hydrogens (tertiary/aromatic N) is 1. The van der Waals surface area contributed by atoms with Gasteiger partial charge in [-0.1, -0.05) is 0 Å². The Bertz CT molecular complexity index is 436. The van der Waals surface area contributed by atoms with Gasteiger partial charge in [0.05, 0.1) is 6.10 Å². The molecule has 1 aliphatic heterocycles. The second-order valence-corrected chi connectivity index (χ2v) is 5.46. The monoisotopic (exact) mass is 285 g/mol. The highest BCUT2D eigenvalue weighted by Gasteiger charge is 2.19. The molecule has 0 bridgehead atoms. The van der Waals surface area contributed by atoms with E-state index in [2.05, 4.69) is 0 Å². The zero-order valence-corrected chi connectivity index (χ0v) is 11.7. The first kappa shape index (κ1) is 15.4. The maximum absolute atomic E-state index is 13.6. The van der Waals surface area contributed by atoms with Gasteiger partial charge in [-0.15, -0.1) is 0 Å². The highest BCUT2D eigenvalue weighted by atomic mass is 19.1. The smallest absolute Gasteiger partial charge is 0.129 e. The molecule has 1 saturated heterocycles. The van der Waals surface area contributed by atoms with Crippen LogP contribution in [0.1, 0.15) is 24.5 Å². The lowest BCUT2D eigenvalue weighted by Crippen LogP contribution is -2.32. The molecule has 0 aromatic heterocycles. The van der Waals surface area contributed by atoms with Crippen LogP contribution in [0.15, 0.2) is 18.2 Å². The van der Waals surface area contributed by atoms with Crippen molar-refractivity contribution in [3.63, 3.8) is 0 Å². The lowest BCUT2D eigenvalue weighted by Gasteiger charge is -2.28. The summed E-state index contributed by atoms with van der Waals surface area (Å²) < 4.78 is 32.0. The first-order chi connectivity index (χ1) is 9.56. The van der Waals surface area contributed by atoms with E-state index in [1.807, 2.05) is 11.9 Å². The van der Waals surface area contributed by atoms with Crippen LogP contribution in [-0.2, 0) is 4.74 Å². The molecule has 0 amide bonds. The van der Waals surface area contributed by atoms with Crippen molar-refractivity contribution < 1.29 is 18.6 Å². The lowest BCUT2D eigenvalue weighted by atomic mass is 9.99. The van der Waals surface area contributed by atoms with Crippen LogP contribution in [0.2, 0.25) is 0 Å². The largest absolute Gasteiger partial charge is 0.387 e. The topological polar surface area (TPSA) is 32.7 Å². The third kappa shape index (κ3) is 4.23. The summed E-state index contributed by atoms with van der Waals surface area (Å²) in [5.74, 6) is -0.566. The molecule has 1 aromatic carbocycles. The highest BCUT2D eigenvalue weighted by Crippen LogP contribution is 2.21. The molecule has 0 aliphatic carbocycles. The van der Waals surface area contributed by atoms with Crippen LogP contribution in [0, 0.1) is 17.6 Å². The zero-order valence-electron chi connectivity index (χ0n) is 11.7. The molecule has 20 heavy (non-hydrogen) atoms. The summed E-state index contributed by atoms with van der Waals surface area (Å²) in [4.78, 5) is 1.96. The summed E-state index contributed by atoms with van der Waals surface area (Å²) in [6.07, 6.45) is 0.999. The molecular weight excluding hydrogens is 264 g/mol. The predicted octanol–water partition coefficient (Wildman–Crippen LogP) is 2.36. The molecule has 0 saturated carbocycles. The van der Waals surface area contributed by atoms with Gasteiger partial charge < -0.3 is 14.7 Å². The molecule has 1 unspecified atom stereocenters. The second-order valence-electron chi connectivity index (χ2n) is 5.46. The van der Waals surface area contributed by atoms with Crippen LogP contribution in [0.3, 0.4) is 0 Å². The predicted molar refractivity (Wildman–Crippen MR) is 72.4 cm³/mol. The standard InChI is InChI=1S/C15H21F2NO2/c1-18(9-11-4-6-20-7-5-11)10-15(19)13-8-12(16)2-3-14(13)17/h2-3,8,11,15,19H,4-7,9-10H2,1H3. The number of ether oxygens (including phenoxy) is 1. The third-order valence-electron chi connectivity index (χ3n) is 3.71. The molecule has 0 spiro atoms. The van der Waals surface area contributed by atoms with Crippen LogP contribution in [0.4, 0.5) is 8.78 Å². The minimum absolute atomic E-state index is 0.0174. The minimum atomic E-state index is -1.02. The molecule has 1 heterocycles. The first-order valence-corrected chi connectivity index (χ1v) is 6.95. The van der Waals surface area contributed by atoms with Gasteiger partial charge in [0.2, 0.25) is 0 Å². The summed E-state index contributed by atoms with van der Waals surface area (Å²) in [7, 11) is 1.88. The number of aliphatic hydroxyl groups is 1. The molecule has 3 nitrogen and oxygen atoms in total. The van der Waals surface area contributed by atoms with Crippen molar-refractivity contribution in [2.75, 3.05) is 33.4 Å². The Morgan fingerprint density at radius 3 is 2.75 bits per heavy atom. The van der Waals surface area contributed by atoms with E-state index < -0.39 is 17.7 Å². The van der Waals surface area contributed by atoms with Crippen molar-refractivity contribution in [2.24, 2.45) is 5.92 Å². The van der Waals surface area contributed by atoms with Gasteiger partial charge in [-0.25, -0.2) is 8.78 Å². The van der Waals surface area contributed by atoms with E-state index >= 15 is 0 Å². The van der Waals surface area contributed by atoms with Crippen LogP contribution >= 0.6 is 0 Å². The molecule has 1 fully saturated rings. The fourth-order valence-electron chi connectivity index (χ4n) is 2.61. The van der Waals surface area contributed by atoms with Crippen LogP contribution in [0.25, 0.3) is 0 Å². The van der Waals surface area contributed by atoms with Crippen LogP contribution < -0.4 is 0 Å². The zero-order chi connectivity index (χ0) is 14.5. The Kier molecular flexibility index (Phi) is 5.46. The van der Waals surface area contributed by atoms with Crippen molar-refractivity contribution in [3.05, 3.63) is 35.4 Å². The van der Waals surface area contributed by atoms with Gasteiger partial charge in [-0.05, 0) is 44.0 Å². The van der Waals surface area contributed by atoms with Crippen molar-refractivity contribution >= 4 is 0 Å². The van der Waals surface area contributed by atoms with E-state index in [9.17, 15) is 13.9 Å². The van der Waals surface area contributed by atoms with E-state index in [4.69, 9.17) is 4.74 Å². The average molecular weight is 285 g/mol. The molecule has 5 heteroatoms. The van der Waals surface area contributed by atoms with Crippen molar-refractivity contribution in [3.8, 4) is 0 Å². The molecule has 1 aliphatic rings. The molecule has 1 N–H and O–H groups in total. The second kappa shape index (κ2) is 7.11. The van der Waals surface area contributed by atoms with Gasteiger partial charge >= 0.3 is 0 Å². The third-order valence-corrected chi connectivity index (χ3v) is 3.71. The number of benzene rings is 1. The van der Waals surface area contributed by atoms with Gasteiger partial charge in [0, 0.05) is 31.9 Å². The van der Waals surface area contributed by atoms with Gasteiger partial charge in [0.1, 0.15) is 11.6 Å². The van der Waals surface area contributed by atoms with Crippen molar-refractivity contribution in [1.29, 1.82) is 0 Å². The maximum atomic E-state index is 13.6. The Hall–Kier alpha value is -1.04. The molecule has 112 valence electrons. The molecule has 0 radical (unpaired) electrons. The van der Waals surface area contributed by atoms with Crippen molar-refractivity contribution in [1.82, 2.24) is 4.90 Å². The first-order valence-electron chi connectivity index (χ1n) is 6.95. The normalized spacial score (nSPS) is 18.4. The van der Waals surface area contributed by atoms with Gasteiger partial charge in [-0.3, -0.25) is 0 Å². The highest BCUT2D eigenvalue weighted by molar-refractivity contribution is 5.21. The van der Waals surface area contributed by atoms with E-state index in [0.29, 0.717) is 5.92 Å². The number of likely N-dealkylation sites (N-methyl/N-ethyl adjacent to an activating group) is 1. The summed E-state index contributed by atoms with van der Waals surface area (Å²) in [5.41, 5.74) is 0.0174. The number of hydrogen-bond donors (Lipinski definition) is 1. The van der Waals surface area contributed by atoms with Crippen LogP contribution in [-0.4, -0.2) is 43.4 Å². The Labute approximate surface area is 118 Å². The number of halogens is 2. The maximum Gasteiger partial charge on any atom is 0.129 e. The molecule has 1 aromatic rings. The summed E-state index contributed by atoms with van der Waals surface area (Å²) in [5, 5.41) is 10.1.